The third-order valence-electron chi connectivity index (χ3n) is 3.49. The van der Waals surface area contributed by atoms with Crippen LogP contribution in [0.1, 0.15) is 11.1 Å². The minimum atomic E-state index is -0.255. The molecule has 0 saturated carbocycles. The maximum absolute atomic E-state index is 13.5. The van der Waals surface area contributed by atoms with Crippen LogP contribution in [-0.4, -0.2) is 12.4 Å². The van der Waals surface area contributed by atoms with E-state index in [2.05, 4.69) is 15.9 Å². The van der Waals surface area contributed by atoms with E-state index in [1.54, 1.807) is 0 Å². The molecule has 2 aromatic rings. The van der Waals surface area contributed by atoms with Crippen LogP contribution in [0.15, 0.2) is 40.9 Å². The molecule has 1 heterocycles. The molecule has 0 aliphatic carbocycles. The first kappa shape index (κ1) is 13.1. The summed E-state index contributed by atoms with van der Waals surface area (Å²) in [5.74, 6) is -0.257. The monoisotopic (exact) mass is 333 g/mol. The van der Waals surface area contributed by atoms with Crippen molar-refractivity contribution in [2.24, 2.45) is 5.73 Å². The minimum absolute atomic E-state index is 0.00247. The molecule has 0 radical (unpaired) electrons. The minimum Gasteiger partial charge on any atom is -0.384 e. The van der Waals surface area contributed by atoms with Crippen LogP contribution in [0.5, 0.6) is 0 Å². The lowest BCUT2D eigenvalue weighted by atomic mass is 10.1. The van der Waals surface area contributed by atoms with Crippen LogP contribution in [0.3, 0.4) is 0 Å². The van der Waals surface area contributed by atoms with Crippen LogP contribution in [-0.2, 0) is 6.42 Å². The second-order valence-electron chi connectivity index (χ2n) is 4.72. The highest BCUT2D eigenvalue weighted by Gasteiger charge is 2.24. The standard InChI is InChI=1S/C15H13BrFN3/c16-11-2-1-3-12(14(11)15(18)19)20-7-6-9-4-5-10(17)8-13(9)20/h1-5,8H,6-7H2,(H3,18,19). The summed E-state index contributed by atoms with van der Waals surface area (Å²) in [6.45, 7) is 0.759. The maximum atomic E-state index is 13.5. The van der Waals surface area contributed by atoms with Gasteiger partial charge in [-0.2, -0.15) is 0 Å². The highest BCUT2D eigenvalue weighted by atomic mass is 79.9. The van der Waals surface area contributed by atoms with Gasteiger partial charge in [0.15, 0.2) is 0 Å². The van der Waals surface area contributed by atoms with Crippen molar-refractivity contribution in [3.63, 3.8) is 0 Å². The molecule has 0 aromatic heterocycles. The molecule has 3 rings (SSSR count). The Hall–Kier alpha value is -1.88. The zero-order chi connectivity index (χ0) is 14.3. The average Bonchev–Trinajstić information content (AvgIpc) is 2.80. The number of fused-ring (bicyclic) bond motifs is 1. The topological polar surface area (TPSA) is 53.1 Å². The second-order valence-corrected chi connectivity index (χ2v) is 5.58. The lowest BCUT2D eigenvalue weighted by Crippen LogP contribution is -2.21. The Morgan fingerprint density at radius 2 is 2.05 bits per heavy atom. The van der Waals surface area contributed by atoms with E-state index in [1.165, 1.54) is 12.1 Å². The molecule has 0 spiro atoms. The normalized spacial score (nSPS) is 13.4. The Bertz CT molecular complexity index is 700. The summed E-state index contributed by atoms with van der Waals surface area (Å²) < 4.78 is 14.3. The van der Waals surface area contributed by atoms with E-state index in [0.717, 1.165) is 34.4 Å². The van der Waals surface area contributed by atoms with E-state index in [0.29, 0.717) is 5.56 Å². The van der Waals surface area contributed by atoms with Crippen molar-refractivity contribution >= 4 is 33.1 Å². The number of benzene rings is 2. The fraction of sp³-hybridized carbons (Fsp3) is 0.133. The summed E-state index contributed by atoms with van der Waals surface area (Å²) in [4.78, 5) is 2.01. The van der Waals surface area contributed by atoms with E-state index < -0.39 is 0 Å². The van der Waals surface area contributed by atoms with Gasteiger partial charge in [-0.3, -0.25) is 5.41 Å². The highest BCUT2D eigenvalue weighted by molar-refractivity contribution is 9.10. The Labute approximate surface area is 124 Å². The van der Waals surface area contributed by atoms with Crippen molar-refractivity contribution in [3.05, 3.63) is 57.8 Å². The molecule has 0 atom stereocenters. The predicted molar refractivity (Wildman–Crippen MR) is 82.3 cm³/mol. The molecule has 3 nitrogen and oxygen atoms in total. The van der Waals surface area contributed by atoms with E-state index >= 15 is 0 Å². The molecule has 1 aliphatic heterocycles. The van der Waals surface area contributed by atoms with Gasteiger partial charge in [0.25, 0.3) is 0 Å². The molecular formula is C15H13BrFN3. The van der Waals surface area contributed by atoms with Crippen LogP contribution >= 0.6 is 15.9 Å². The number of nitrogens with two attached hydrogens (primary N) is 1. The van der Waals surface area contributed by atoms with Gasteiger partial charge >= 0.3 is 0 Å². The summed E-state index contributed by atoms with van der Waals surface area (Å²) in [7, 11) is 0. The first-order valence-electron chi connectivity index (χ1n) is 6.27. The van der Waals surface area contributed by atoms with E-state index in [4.69, 9.17) is 11.1 Å². The van der Waals surface area contributed by atoms with Crippen molar-refractivity contribution in [1.29, 1.82) is 5.41 Å². The number of anilines is 2. The molecule has 0 bridgehead atoms. The molecule has 0 amide bonds. The van der Waals surface area contributed by atoms with Crippen molar-refractivity contribution in [2.45, 2.75) is 6.42 Å². The van der Waals surface area contributed by atoms with Gasteiger partial charge in [-0.25, -0.2) is 4.39 Å². The zero-order valence-corrected chi connectivity index (χ0v) is 12.2. The zero-order valence-electron chi connectivity index (χ0n) is 10.7. The summed E-state index contributed by atoms with van der Waals surface area (Å²) in [6, 6.07) is 10.5. The number of nitrogen functional groups attached to an aromatic ring is 1. The lowest BCUT2D eigenvalue weighted by molar-refractivity contribution is 0.628. The van der Waals surface area contributed by atoms with Gasteiger partial charge in [0.1, 0.15) is 11.7 Å². The first-order chi connectivity index (χ1) is 9.58. The van der Waals surface area contributed by atoms with Gasteiger partial charge in [-0.15, -0.1) is 0 Å². The molecule has 0 saturated heterocycles. The van der Waals surface area contributed by atoms with Crippen LogP contribution in [0, 0.1) is 11.2 Å². The maximum Gasteiger partial charge on any atom is 0.126 e. The molecule has 102 valence electrons. The number of halogens is 2. The fourth-order valence-corrected chi connectivity index (χ4v) is 3.18. The lowest BCUT2D eigenvalue weighted by Gasteiger charge is -2.23. The smallest absolute Gasteiger partial charge is 0.126 e. The van der Waals surface area contributed by atoms with Gasteiger partial charge in [0.05, 0.1) is 11.3 Å². The number of hydrogen-bond acceptors (Lipinski definition) is 2. The second kappa shape index (κ2) is 4.90. The number of amidine groups is 1. The largest absolute Gasteiger partial charge is 0.384 e. The van der Waals surface area contributed by atoms with Gasteiger partial charge in [0.2, 0.25) is 0 Å². The SMILES string of the molecule is N=C(N)c1c(Br)cccc1N1CCc2ccc(F)cc21. The summed E-state index contributed by atoms with van der Waals surface area (Å²) >= 11 is 3.43. The van der Waals surface area contributed by atoms with Gasteiger partial charge < -0.3 is 10.6 Å². The predicted octanol–water partition coefficient (Wildman–Crippen LogP) is 3.57. The molecule has 5 heteroatoms. The molecule has 3 N–H and O–H groups in total. The third-order valence-corrected chi connectivity index (χ3v) is 4.16. The third kappa shape index (κ3) is 2.08. The van der Waals surface area contributed by atoms with Gasteiger partial charge in [-0.1, -0.05) is 12.1 Å². The van der Waals surface area contributed by atoms with E-state index in [1.807, 2.05) is 29.2 Å². The summed E-state index contributed by atoms with van der Waals surface area (Å²) in [6.07, 6.45) is 0.861. The van der Waals surface area contributed by atoms with Crippen molar-refractivity contribution < 1.29 is 4.39 Å². The van der Waals surface area contributed by atoms with Crippen molar-refractivity contribution in [1.82, 2.24) is 0 Å². The van der Waals surface area contributed by atoms with Gasteiger partial charge in [0, 0.05) is 16.7 Å². The Balaban J connectivity index is 2.16. The van der Waals surface area contributed by atoms with Crippen LogP contribution in [0.4, 0.5) is 15.8 Å². The number of nitrogens with one attached hydrogen (secondary N) is 1. The number of rotatable bonds is 2. The quantitative estimate of drug-likeness (QED) is 0.652. The van der Waals surface area contributed by atoms with Crippen LogP contribution < -0.4 is 10.6 Å². The van der Waals surface area contributed by atoms with Gasteiger partial charge in [-0.05, 0) is 52.2 Å². The number of nitrogens with zero attached hydrogens (tertiary/aromatic N) is 1. The highest BCUT2D eigenvalue weighted by Crippen LogP contribution is 2.38. The molecular weight excluding hydrogens is 321 g/mol. The van der Waals surface area contributed by atoms with E-state index in [-0.39, 0.29) is 11.7 Å². The first-order valence-corrected chi connectivity index (χ1v) is 7.06. The van der Waals surface area contributed by atoms with Crippen LogP contribution in [0.25, 0.3) is 0 Å². The molecule has 20 heavy (non-hydrogen) atoms. The Morgan fingerprint density at radius 1 is 1.25 bits per heavy atom. The van der Waals surface area contributed by atoms with Crippen molar-refractivity contribution in [3.8, 4) is 0 Å². The summed E-state index contributed by atoms with van der Waals surface area (Å²) in [5, 5.41) is 7.75. The fourth-order valence-electron chi connectivity index (χ4n) is 2.61. The molecule has 0 unspecified atom stereocenters. The summed E-state index contributed by atoms with van der Waals surface area (Å²) in [5.41, 5.74) is 9.12. The molecule has 1 aliphatic rings. The van der Waals surface area contributed by atoms with E-state index in [9.17, 15) is 4.39 Å². The Kier molecular flexibility index (Phi) is 3.22. The average molecular weight is 334 g/mol. The number of hydrogen-bond donors (Lipinski definition) is 2. The van der Waals surface area contributed by atoms with Crippen molar-refractivity contribution in [2.75, 3.05) is 11.4 Å². The molecule has 2 aromatic carbocycles. The Morgan fingerprint density at radius 3 is 2.80 bits per heavy atom. The van der Waals surface area contributed by atoms with Crippen LogP contribution in [0.2, 0.25) is 0 Å². The molecule has 0 fully saturated rings.